The van der Waals surface area contributed by atoms with Crippen molar-refractivity contribution >= 4 is 17.9 Å². The van der Waals surface area contributed by atoms with E-state index in [1.807, 2.05) is 31.2 Å². The largest absolute Gasteiger partial charge is 0.439 e. The molecule has 6 heteroatoms. The second-order valence-electron chi connectivity index (χ2n) is 5.35. The lowest BCUT2D eigenvalue weighted by molar-refractivity contribution is -0.136. The first-order valence-corrected chi connectivity index (χ1v) is 6.92. The maximum absolute atomic E-state index is 12.0. The molecule has 3 amide bonds. The van der Waals surface area contributed by atoms with Crippen LogP contribution < -0.4 is 5.32 Å². The average molecular weight is 288 g/mol. The molecule has 0 saturated carbocycles. The number of nitrogens with one attached hydrogen (secondary N) is 1. The summed E-state index contributed by atoms with van der Waals surface area (Å²) < 4.78 is 5.39. The number of ether oxygens (including phenoxy) is 1. The normalized spacial score (nSPS) is 25.8. The monoisotopic (exact) mass is 288 g/mol. The van der Waals surface area contributed by atoms with Gasteiger partial charge in [-0.15, -0.1) is 0 Å². The smallest absolute Gasteiger partial charge is 0.411 e. The highest BCUT2D eigenvalue weighted by Gasteiger charge is 2.42. The summed E-state index contributed by atoms with van der Waals surface area (Å²) in [6.07, 6.45) is -0.281. The van der Waals surface area contributed by atoms with Gasteiger partial charge in [0.25, 0.3) is 0 Å². The Labute approximate surface area is 122 Å². The Balaban J connectivity index is 1.78. The number of carbonyl (C=O) groups is 3. The zero-order chi connectivity index (χ0) is 15.0. The minimum absolute atomic E-state index is 0.245. The van der Waals surface area contributed by atoms with Crippen LogP contribution in [0.25, 0.3) is 0 Å². The number of hydrogen-bond donors (Lipinski definition) is 1. The molecule has 2 atom stereocenters. The van der Waals surface area contributed by atoms with Crippen molar-refractivity contribution in [2.24, 2.45) is 0 Å². The van der Waals surface area contributed by atoms with Gasteiger partial charge in [-0.1, -0.05) is 24.3 Å². The van der Waals surface area contributed by atoms with E-state index in [2.05, 4.69) is 5.32 Å². The number of aryl methyl sites for hydroxylation is 1. The third-order valence-corrected chi connectivity index (χ3v) is 3.96. The first-order valence-electron chi connectivity index (χ1n) is 6.92. The standard InChI is InChI=1S/C15H16N2O4/c1-9-4-2-3-5-10(9)12-8-17(15(20)21-12)11-6-7-13(18)16-14(11)19/h2-5,11-12H,6-8H2,1H3,(H,16,18,19)/t11?,12-/m1/s1. The van der Waals surface area contributed by atoms with Gasteiger partial charge in [0.05, 0.1) is 6.54 Å². The van der Waals surface area contributed by atoms with Crippen LogP contribution in [-0.2, 0) is 14.3 Å². The maximum Gasteiger partial charge on any atom is 0.411 e. The zero-order valence-corrected chi connectivity index (χ0v) is 11.7. The van der Waals surface area contributed by atoms with Crippen molar-refractivity contribution in [3.8, 4) is 0 Å². The summed E-state index contributed by atoms with van der Waals surface area (Å²) in [5, 5.41) is 2.27. The molecule has 2 heterocycles. The summed E-state index contributed by atoms with van der Waals surface area (Å²) in [5.74, 6) is -0.715. The molecule has 2 aliphatic rings. The van der Waals surface area contributed by atoms with Crippen LogP contribution in [0.4, 0.5) is 4.79 Å². The Kier molecular flexibility index (Phi) is 3.37. The summed E-state index contributed by atoms with van der Waals surface area (Å²) in [6.45, 7) is 2.29. The summed E-state index contributed by atoms with van der Waals surface area (Å²) in [4.78, 5) is 36.5. The molecule has 0 spiro atoms. The van der Waals surface area contributed by atoms with Crippen LogP contribution >= 0.6 is 0 Å². The van der Waals surface area contributed by atoms with E-state index in [0.717, 1.165) is 11.1 Å². The van der Waals surface area contributed by atoms with E-state index < -0.39 is 18.0 Å². The molecular formula is C15H16N2O4. The quantitative estimate of drug-likeness (QED) is 0.832. The van der Waals surface area contributed by atoms with E-state index in [1.54, 1.807) is 0 Å². The van der Waals surface area contributed by atoms with Crippen molar-refractivity contribution in [3.05, 3.63) is 35.4 Å². The van der Waals surface area contributed by atoms with Crippen LogP contribution in [0.15, 0.2) is 24.3 Å². The number of benzene rings is 1. The number of nitrogens with zero attached hydrogens (tertiary/aromatic N) is 1. The highest BCUT2D eigenvalue weighted by atomic mass is 16.6. The first kappa shape index (κ1) is 13.6. The van der Waals surface area contributed by atoms with Crippen molar-refractivity contribution in [1.29, 1.82) is 0 Å². The third-order valence-electron chi connectivity index (χ3n) is 3.96. The Morgan fingerprint density at radius 3 is 2.71 bits per heavy atom. The van der Waals surface area contributed by atoms with Crippen molar-refractivity contribution in [2.45, 2.75) is 31.9 Å². The fourth-order valence-corrected chi connectivity index (χ4v) is 2.82. The molecule has 110 valence electrons. The van der Waals surface area contributed by atoms with E-state index in [1.165, 1.54) is 4.90 Å². The molecule has 6 nitrogen and oxygen atoms in total. The maximum atomic E-state index is 12.0. The number of hydrogen-bond acceptors (Lipinski definition) is 4. The second kappa shape index (κ2) is 5.20. The molecular weight excluding hydrogens is 272 g/mol. The van der Waals surface area contributed by atoms with Crippen LogP contribution in [0.1, 0.15) is 30.1 Å². The van der Waals surface area contributed by atoms with Gasteiger partial charge in [0.15, 0.2) is 0 Å². The second-order valence-corrected chi connectivity index (χ2v) is 5.35. The van der Waals surface area contributed by atoms with Crippen LogP contribution in [-0.4, -0.2) is 35.4 Å². The van der Waals surface area contributed by atoms with Gasteiger partial charge in [0.2, 0.25) is 11.8 Å². The predicted molar refractivity (Wildman–Crippen MR) is 73.3 cm³/mol. The minimum Gasteiger partial charge on any atom is -0.439 e. The molecule has 0 aromatic heterocycles. The molecule has 1 aromatic carbocycles. The Morgan fingerprint density at radius 1 is 1.24 bits per heavy atom. The SMILES string of the molecule is Cc1ccccc1[C@H]1CN(C2CCC(=O)NC2=O)C(=O)O1. The highest BCUT2D eigenvalue weighted by molar-refractivity contribution is 6.01. The number of carbonyl (C=O) groups excluding carboxylic acids is 3. The lowest BCUT2D eigenvalue weighted by Gasteiger charge is -2.27. The summed E-state index contributed by atoms with van der Waals surface area (Å²) in [5.41, 5.74) is 1.99. The first-order chi connectivity index (χ1) is 10.1. The number of rotatable bonds is 2. The molecule has 1 N–H and O–H groups in total. The average Bonchev–Trinajstić information content (AvgIpc) is 2.81. The number of cyclic esters (lactones) is 1. The van der Waals surface area contributed by atoms with E-state index in [0.29, 0.717) is 13.0 Å². The Bertz CT molecular complexity index is 613. The van der Waals surface area contributed by atoms with Gasteiger partial charge in [0, 0.05) is 6.42 Å². The molecule has 1 unspecified atom stereocenters. The van der Waals surface area contributed by atoms with Gasteiger partial charge in [-0.25, -0.2) is 4.79 Å². The summed E-state index contributed by atoms with van der Waals surface area (Å²) in [6, 6.07) is 7.07. The third kappa shape index (κ3) is 2.49. The van der Waals surface area contributed by atoms with E-state index in [4.69, 9.17) is 4.74 Å². The van der Waals surface area contributed by atoms with Crippen LogP contribution in [0.5, 0.6) is 0 Å². The van der Waals surface area contributed by atoms with E-state index >= 15 is 0 Å². The molecule has 21 heavy (non-hydrogen) atoms. The topological polar surface area (TPSA) is 75.7 Å². The number of imide groups is 1. The van der Waals surface area contributed by atoms with Gasteiger partial charge >= 0.3 is 6.09 Å². The molecule has 2 fully saturated rings. The molecule has 3 rings (SSSR count). The minimum atomic E-state index is -0.621. The molecule has 0 aliphatic carbocycles. The summed E-state index contributed by atoms with van der Waals surface area (Å²) in [7, 11) is 0. The molecule has 2 saturated heterocycles. The molecule has 1 aromatic rings. The fraction of sp³-hybridized carbons (Fsp3) is 0.400. The molecule has 2 aliphatic heterocycles. The lowest BCUT2D eigenvalue weighted by atomic mass is 10.0. The van der Waals surface area contributed by atoms with Crippen LogP contribution in [0.2, 0.25) is 0 Å². The van der Waals surface area contributed by atoms with Gasteiger partial charge < -0.3 is 4.74 Å². The van der Waals surface area contributed by atoms with Crippen molar-refractivity contribution in [3.63, 3.8) is 0 Å². The van der Waals surface area contributed by atoms with Gasteiger partial charge in [-0.2, -0.15) is 0 Å². The van der Waals surface area contributed by atoms with Crippen LogP contribution in [0, 0.1) is 6.92 Å². The molecule has 0 radical (unpaired) electrons. The van der Waals surface area contributed by atoms with E-state index in [-0.39, 0.29) is 18.4 Å². The molecule has 0 bridgehead atoms. The van der Waals surface area contributed by atoms with Gasteiger partial charge in [0.1, 0.15) is 12.1 Å². The summed E-state index contributed by atoms with van der Waals surface area (Å²) >= 11 is 0. The number of amides is 3. The fourth-order valence-electron chi connectivity index (χ4n) is 2.82. The highest BCUT2D eigenvalue weighted by Crippen LogP contribution is 2.30. The Hall–Kier alpha value is -2.37. The van der Waals surface area contributed by atoms with Crippen molar-refractivity contribution in [2.75, 3.05) is 6.54 Å². The zero-order valence-electron chi connectivity index (χ0n) is 11.7. The van der Waals surface area contributed by atoms with Gasteiger partial charge in [-0.05, 0) is 24.5 Å². The van der Waals surface area contributed by atoms with Crippen LogP contribution in [0.3, 0.4) is 0 Å². The Morgan fingerprint density at radius 2 is 2.00 bits per heavy atom. The van der Waals surface area contributed by atoms with Gasteiger partial charge in [-0.3, -0.25) is 19.8 Å². The van der Waals surface area contributed by atoms with Crippen molar-refractivity contribution in [1.82, 2.24) is 10.2 Å². The number of piperidine rings is 1. The predicted octanol–water partition coefficient (Wildman–Crippen LogP) is 1.29. The van der Waals surface area contributed by atoms with E-state index in [9.17, 15) is 14.4 Å². The van der Waals surface area contributed by atoms with Crippen molar-refractivity contribution < 1.29 is 19.1 Å². The lowest BCUT2D eigenvalue weighted by Crippen LogP contribution is -2.52.